The summed E-state index contributed by atoms with van der Waals surface area (Å²) in [6, 6.07) is 4.86. The number of piperazine rings is 1. The van der Waals surface area contributed by atoms with Gasteiger partial charge in [-0.05, 0) is 76.7 Å². The summed E-state index contributed by atoms with van der Waals surface area (Å²) in [4.78, 5) is 14.1. The molecule has 2 saturated heterocycles. The van der Waals surface area contributed by atoms with Crippen molar-refractivity contribution < 1.29 is 0 Å². The lowest BCUT2D eigenvalue weighted by Gasteiger charge is -2.35. The highest BCUT2D eigenvalue weighted by molar-refractivity contribution is 7.10. The van der Waals surface area contributed by atoms with Crippen LogP contribution in [0, 0.1) is 5.92 Å². The zero-order valence-corrected chi connectivity index (χ0v) is 20.8. The summed E-state index contributed by atoms with van der Waals surface area (Å²) in [5.41, 5.74) is 0. The Bertz CT molecular complexity index is 618. The average Bonchev–Trinajstić information content (AvgIpc) is 3.30. The first kappa shape index (κ1) is 24.5. The maximum atomic E-state index is 5.00. The summed E-state index contributed by atoms with van der Waals surface area (Å²) in [6.07, 6.45) is 5.05. The second kappa shape index (κ2) is 13.4. The lowest BCUT2D eigenvalue weighted by atomic mass is 9.97. The summed E-state index contributed by atoms with van der Waals surface area (Å²) in [5.74, 6) is 1.82. The molecule has 1 unspecified atom stereocenters. The molecule has 2 aliphatic heterocycles. The van der Waals surface area contributed by atoms with Gasteiger partial charge < -0.3 is 20.4 Å². The van der Waals surface area contributed by atoms with Crippen LogP contribution in [0.25, 0.3) is 0 Å². The summed E-state index contributed by atoms with van der Waals surface area (Å²) in [5, 5.41) is 9.22. The highest BCUT2D eigenvalue weighted by Gasteiger charge is 2.25. The van der Waals surface area contributed by atoms with E-state index in [2.05, 4.69) is 63.7 Å². The van der Waals surface area contributed by atoms with Gasteiger partial charge in [0.2, 0.25) is 0 Å². The summed E-state index contributed by atoms with van der Waals surface area (Å²) in [6.45, 7) is 15.7. The van der Waals surface area contributed by atoms with Crippen LogP contribution in [0.1, 0.15) is 50.4 Å². The first-order valence-electron chi connectivity index (χ1n) is 12.4. The van der Waals surface area contributed by atoms with E-state index < -0.39 is 0 Å². The molecule has 0 radical (unpaired) electrons. The number of unbranched alkanes of at least 4 members (excludes halogenated alkanes) is 1. The number of likely N-dealkylation sites (N-methyl/N-ethyl adjacent to an activating group) is 1. The normalized spacial score (nSPS) is 21.3. The molecule has 1 aromatic rings. The van der Waals surface area contributed by atoms with Crippen LogP contribution < -0.4 is 10.6 Å². The molecule has 0 bridgehead atoms. The molecule has 0 aliphatic carbocycles. The van der Waals surface area contributed by atoms with E-state index in [1.165, 1.54) is 76.4 Å². The maximum Gasteiger partial charge on any atom is 0.191 e. The van der Waals surface area contributed by atoms with Crippen LogP contribution in [0.5, 0.6) is 0 Å². The van der Waals surface area contributed by atoms with E-state index in [9.17, 15) is 0 Å². The summed E-state index contributed by atoms with van der Waals surface area (Å²) < 4.78 is 0. The van der Waals surface area contributed by atoms with Gasteiger partial charge in [-0.2, -0.15) is 0 Å². The third-order valence-electron chi connectivity index (χ3n) is 6.69. The number of hydrogen-bond acceptors (Lipinski definition) is 5. The minimum Gasteiger partial charge on any atom is -0.357 e. The standard InChI is InChI=1S/C24H44N6S/c1-4-25-24(26-11-5-6-12-29-17-15-28(3)16-18-29)27-20-22(23-8-7-19-31-23)30-13-9-21(2)10-14-30/h7-8,19,21-22H,4-6,9-18,20H2,1-3H3,(H2,25,26,27). The monoisotopic (exact) mass is 448 g/mol. The topological polar surface area (TPSA) is 46.1 Å². The number of guanidine groups is 1. The van der Waals surface area contributed by atoms with Gasteiger partial charge in [0.1, 0.15) is 0 Å². The molecule has 31 heavy (non-hydrogen) atoms. The van der Waals surface area contributed by atoms with Crippen molar-refractivity contribution in [1.29, 1.82) is 0 Å². The van der Waals surface area contributed by atoms with Gasteiger partial charge in [0, 0.05) is 44.1 Å². The van der Waals surface area contributed by atoms with Crippen LogP contribution in [0.2, 0.25) is 0 Å². The van der Waals surface area contributed by atoms with Crippen LogP contribution in [0.3, 0.4) is 0 Å². The average molecular weight is 449 g/mol. The largest absolute Gasteiger partial charge is 0.357 e. The smallest absolute Gasteiger partial charge is 0.191 e. The molecule has 176 valence electrons. The molecular weight excluding hydrogens is 404 g/mol. The van der Waals surface area contributed by atoms with E-state index in [1.54, 1.807) is 0 Å². The number of nitrogens with zero attached hydrogens (tertiary/aromatic N) is 4. The Kier molecular flexibility index (Phi) is 10.6. The van der Waals surface area contributed by atoms with E-state index in [-0.39, 0.29) is 0 Å². The molecule has 1 aromatic heterocycles. The lowest BCUT2D eigenvalue weighted by Crippen LogP contribution is -2.44. The zero-order valence-electron chi connectivity index (χ0n) is 20.0. The molecule has 2 fully saturated rings. The molecule has 0 saturated carbocycles. The van der Waals surface area contributed by atoms with E-state index in [4.69, 9.17) is 4.99 Å². The molecule has 1 atom stereocenters. The molecule has 7 heteroatoms. The number of likely N-dealkylation sites (tertiary alicyclic amines) is 1. The molecule has 3 rings (SSSR count). The Labute approximate surface area is 194 Å². The Morgan fingerprint density at radius 3 is 2.58 bits per heavy atom. The molecule has 2 N–H and O–H groups in total. The predicted octanol–water partition coefficient (Wildman–Crippen LogP) is 3.10. The number of rotatable bonds is 10. The van der Waals surface area contributed by atoms with E-state index >= 15 is 0 Å². The summed E-state index contributed by atoms with van der Waals surface area (Å²) in [7, 11) is 2.22. The van der Waals surface area contributed by atoms with Crippen LogP contribution >= 0.6 is 11.3 Å². The van der Waals surface area contributed by atoms with Gasteiger partial charge in [-0.15, -0.1) is 11.3 Å². The molecule has 6 nitrogen and oxygen atoms in total. The quantitative estimate of drug-likeness (QED) is 0.327. The van der Waals surface area contributed by atoms with Crippen molar-refractivity contribution in [1.82, 2.24) is 25.3 Å². The number of hydrogen-bond donors (Lipinski definition) is 2. The molecule has 3 heterocycles. The van der Waals surface area contributed by atoms with Crippen molar-refractivity contribution in [2.45, 2.75) is 45.6 Å². The highest BCUT2D eigenvalue weighted by atomic mass is 32.1. The van der Waals surface area contributed by atoms with E-state index in [0.717, 1.165) is 31.5 Å². The van der Waals surface area contributed by atoms with Gasteiger partial charge >= 0.3 is 0 Å². The van der Waals surface area contributed by atoms with Crippen molar-refractivity contribution in [3.63, 3.8) is 0 Å². The first-order chi connectivity index (χ1) is 15.2. The van der Waals surface area contributed by atoms with Gasteiger partial charge in [-0.3, -0.25) is 9.89 Å². The maximum absolute atomic E-state index is 5.00. The minimum atomic E-state index is 0.403. The van der Waals surface area contributed by atoms with Gasteiger partial charge in [-0.1, -0.05) is 13.0 Å². The summed E-state index contributed by atoms with van der Waals surface area (Å²) >= 11 is 1.87. The van der Waals surface area contributed by atoms with E-state index in [1.807, 2.05) is 11.3 Å². The Morgan fingerprint density at radius 1 is 1.13 bits per heavy atom. The zero-order chi connectivity index (χ0) is 21.9. The number of nitrogens with one attached hydrogen (secondary N) is 2. The highest BCUT2D eigenvalue weighted by Crippen LogP contribution is 2.29. The van der Waals surface area contributed by atoms with Crippen LogP contribution in [0.4, 0.5) is 0 Å². The van der Waals surface area contributed by atoms with Crippen LogP contribution in [-0.4, -0.2) is 93.2 Å². The fraction of sp³-hybridized carbons (Fsp3) is 0.792. The van der Waals surface area contributed by atoms with Gasteiger partial charge in [-0.25, -0.2) is 0 Å². The van der Waals surface area contributed by atoms with Crippen LogP contribution in [0.15, 0.2) is 22.5 Å². The van der Waals surface area contributed by atoms with Crippen LogP contribution in [-0.2, 0) is 0 Å². The third-order valence-corrected chi connectivity index (χ3v) is 7.66. The predicted molar refractivity (Wildman–Crippen MR) is 134 cm³/mol. The number of aliphatic imine (C=N–C) groups is 1. The Balaban J connectivity index is 1.45. The number of piperidine rings is 1. The first-order valence-corrected chi connectivity index (χ1v) is 13.2. The fourth-order valence-corrected chi connectivity index (χ4v) is 5.32. The second-order valence-corrected chi connectivity index (χ2v) is 10.2. The molecule has 0 amide bonds. The van der Waals surface area contributed by atoms with Crippen molar-refractivity contribution in [2.75, 3.05) is 72.5 Å². The molecule has 0 spiro atoms. The minimum absolute atomic E-state index is 0.403. The van der Waals surface area contributed by atoms with Gasteiger partial charge in [0.15, 0.2) is 5.96 Å². The SMILES string of the molecule is CCNC(=NCC(c1cccs1)N1CCC(C)CC1)NCCCCN1CCN(C)CC1. The number of thiophene rings is 1. The second-order valence-electron chi connectivity index (χ2n) is 9.25. The molecule has 0 aromatic carbocycles. The van der Waals surface area contributed by atoms with Crippen molar-refractivity contribution in [2.24, 2.45) is 10.9 Å². The lowest BCUT2D eigenvalue weighted by molar-refractivity contribution is 0.143. The van der Waals surface area contributed by atoms with Crippen molar-refractivity contribution in [3.8, 4) is 0 Å². The molecular formula is C24H44N6S. The third kappa shape index (κ3) is 8.37. The Hall–Kier alpha value is -1.15. The van der Waals surface area contributed by atoms with Crippen molar-refractivity contribution in [3.05, 3.63) is 22.4 Å². The van der Waals surface area contributed by atoms with Gasteiger partial charge in [0.05, 0.1) is 12.6 Å². The fourth-order valence-electron chi connectivity index (χ4n) is 4.46. The van der Waals surface area contributed by atoms with Gasteiger partial charge in [0.25, 0.3) is 0 Å². The molecule has 2 aliphatic rings. The van der Waals surface area contributed by atoms with Crippen molar-refractivity contribution >= 4 is 17.3 Å². The van der Waals surface area contributed by atoms with E-state index in [0.29, 0.717) is 6.04 Å². The Morgan fingerprint density at radius 2 is 1.90 bits per heavy atom.